The van der Waals surface area contributed by atoms with Gasteiger partial charge in [0.15, 0.2) is 0 Å². The highest BCUT2D eigenvalue weighted by molar-refractivity contribution is 7.89. The van der Waals surface area contributed by atoms with E-state index >= 15 is 0 Å². The van der Waals surface area contributed by atoms with Gasteiger partial charge in [0.05, 0.1) is 5.75 Å². The lowest BCUT2D eigenvalue weighted by molar-refractivity contribution is -0.125. The third-order valence-corrected chi connectivity index (χ3v) is 7.51. The van der Waals surface area contributed by atoms with Gasteiger partial charge < -0.3 is 10.2 Å². The molecule has 0 bridgehead atoms. The van der Waals surface area contributed by atoms with Crippen molar-refractivity contribution < 1.29 is 13.2 Å². The summed E-state index contributed by atoms with van der Waals surface area (Å²) >= 11 is 0. The average molecular weight is 394 g/mol. The average Bonchev–Trinajstić information content (AvgIpc) is 2.68. The van der Waals surface area contributed by atoms with Gasteiger partial charge in [0.1, 0.15) is 0 Å². The molecule has 1 saturated carbocycles. The molecule has 1 N–H and O–H groups in total. The Morgan fingerprint density at radius 2 is 1.81 bits per heavy atom. The third kappa shape index (κ3) is 5.45. The van der Waals surface area contributed by atoms with Crippen LogP contribution < -0.4 is 10.2 Å². The van der Waals surface area contributed by atoms with Crippen LogP contribution in [0, 0.1) is 12.8 Å². The van der Waals surface area contributed by atoms with E-state index in [4.69, 9.17) is 0 Å². The summed E-state index contributed by atoms with van der Waals surface area (Å²) in [5.74, 6) is 0.0732. The molecule has 7 heteroatoms. The molecule has 1 aliphatic carbocycles. The topological polar surface area (TPSA) is 69.7 Å². The minimum absolute atomic E-state index is 0.0180. The largest absolute Gasteiger partial charge is 0.369 e. The van der Waals surface area contributed by atoms with E-state index in [0.29, 0.717) is 26.2 Å². The van der Waals surface area contributed by atoms with Crippen molar-refractivity contribution in [1.29, 1.82) is 0 Å². The van der Waals surface area contributed by atoms with Gasteiger partial charge in [-0.2, -0.15) is 4.31 Å². The van der Waals surface area contributed by atoms with Gasteiger partial charge in [-0.1, -0.05) is 31.4 Å². The molecule has 3 rings (SSSR count). The van der Waals surface area contributed by atoms with Crippen molar-refractivity contribution in [2.75, 3.05) is 43.4 Å². The number of sulfonamides is 1. The number of nitrogens with zero attached hydrogens (tertiary/aromatic N) is 2. The third-order valence-electron chi connectivity index (χ3n) is 5.63. The summed E-state index contributed by atoms with van der Waals surface area (Å²) in [5.41, 5.74) is 2.35. The SMILES string of the molecule is Cc1cccc(N2CCN(S(=O)(=O)CCNC(=O)C3CCCCC3)CC2)c1. The first-order chi connectivity index (χ1) is 13.0. The van der Waals surface area contributed by atoms with E-state index in [9.17, 15) is 13.2 Å². The van der Waals surface area contributed by atoms with Crippen molar-refractivity contribution in [3.05, 3.63) is 29.8 Å². The summed E-state index contributed by atoms with van der Waals surface area (Å²) in [4.78, 5) is 14.4. The van der Waals surface area contributed by atoms with Crippen LogP contribution >= 0.6 is 0 Å². The van der Waals surface area contributed by atoms with Gasteiger partial charge in [0.25, 0.3) is 0 Å². The molecule has 1 aromatic rings. The maximum absolute atomic E-state index is 12.6. The zero-order valence-corrected chi connectivity index (χ0v) is 17.0. The molecule has 1 heterocycles. The van der Waals surface area contributed by atoms with Crippen molar-refractivity contribution in [3.63, 3.8) is 0 Å². The normalized spacial score (nSPS) is 19.8. The number of hydrogen-bond donors (Lipinski definition) is 1. The van der Waals surface area contributed by atoms with E-state index in [1.165, 1.54) is 12.0 Å². The van der Waals surface area contributed by atoms with Crippen molar-refractivity contribution in [3.8, 4) is 0 Å². The molecule has 2 fully saturated rings. The first-order valence-electron chi connectivity index (χ1n) is 10.0. The zero-order chi connectivity index (χ0) is 19.3. The Bertz CT molecular complexity index is 737. The Morgan fingerprint density at radius 1 is 1.11 bits per heavy atom. The summed E-state index contributed by atoms with van der Waals surface area (Å²) < 4.78 is 26.8. The van der Waals surface area contributed by atoms with Crippen LogP contribution in [0.4, 0.5) is 5.69 Å². The van der Waals surface area contributed by atoms with E-state index in [1.54, 1.807) is 4.31 Å². The molecule has 0 atom stereocenters. The highest BCUT2D eigenvalue weighted by Gasteiger charge is 2.27. The first kappa shape index (κ1) is 20.1. The minimum Gasteiger partial charge on any atom is -0.369 e. The van der Waals surface area contributed by atoms with E-state index in [2.05, 4.69) is 35.3 Å². The number of aryl methyl sites for hydroxylation is 1. The summed E-state index contributed by atoms with van der Waals surface area (Å²) in [6, 6.07) is 8.29. The molecular formula is C20H31N3O3S. The molecule has 1 saturated heterocycles. The van der Waals surface area contributed by atoms with Crippen molar-refractivity contribution in [1.82, 2.24) is 9.62 Å². The number of anilines is 1. The van der Waals surface area contributed by atoms with Crippen molar-refractivity contribution in [2.45, 2.75) is 39.0 Å². The molecule has 6 nitrogen and oxygen atoms in total. The van der Waals surface area contributed by atoms with E-state index in [1.807, 2.05) is 6.07 Å². The van der Waals surface area contributed by atoms with Crippen LogP contribution in [0.2, 0.25) is 0 Å². The first-order valence-corrected chi connectivity index (χ1v) is 11.6. The van der Waals surface area contributed by atoms with Crippen LogP contribution in [0.15, 0.2) is 24.3 Å². The number of amides is 1. The van der Waals surface area contributed by atoms with Gasteiger partial charge in [0.2, 0.25) is 15.9 Å². The Kier molecular flexibility index (Phi) is 6.76. The molecular weight excluding hydrogens is 362 g/mol. The molecule has 0 unspecified atom stereocenters. The lowest BCUT2D eigenvalue weighted by Gasteiger charge is -2.35. The van der Waals surface area contributed by atoms with Crippen LogP contribution in [0.25, 0.3) is 0 Å². The van der Waals surface area contributed by atoms with E-state index in [-0.39, 0.29) is 24.1 Å². The second-order valence-corrected chi connectivity index (χ2v) is 9.76. The molecule has 0 spiro atoms. The molecule has 1 aromatic carbocycles. The number of benzene rings is 1. The fourth-order valence-corrected chi connectivity index (χ4v) is 5.33. The quantitative estimate of drug-likeness (QED) is 0.804. The van der Waals surface area contributed by atoms with Crippen LogP contribution in [-0.4, -0.2) is 57.1 Å². The summed E-state index contributed by atoms with van der Waals surface area (Å²) in [7, 11) is -3.33. The molecule has 2 aliphatic rings. The summed E-state index contributed by atoms with van der Waals surface area (Å²) in [6.07, 6.45) is 5.26. The van der Waals surface area contributed by atoms with Crippen LogP contribution in [-0.2, 0) is 14.8 Å². The van der Waals surface area contributed by atoms with Gasteiger partial charge in [0, 0.05) is 44.3 Å². The maximum atomic E-state index is 12.6. The van der Waals surface area contributed by atoms with Crippen LogP contribution in [0.3, 0.4) is 0 Å². The Morgan fingerprint density at radius 3 is 2.48 bits per heavy atom. The van der Waals surface area contributed by atoms with Gasteiger partial charge in [-0.05, 0) is 37.5 Å². The zero-order valence-electron chi connectivity index (χ0n) is 16.2. The fourth-order valence-electron chi connectivity index (χ4n) is 3.99. The van der Waals surface area contributed by atoms with Crippen LogP contribution in [0.1, 0.15) is 37.7 Å². The molecule has 1 aliphatic heterocycles. The van der Waals surface area contributed by atoms with Gasteiger partial charge >= 0.3 is 0 Å². The van der Waals surface area contributed by atoms with Crippen molar-refractivity contribution >= 4 is 21.6 Å². The summed E-state index contributed by atoms with van der Waals surface area (Å²) in [5, 5.41) is 2.83. The maximum Gasteiger partial charge on any atom is 0.223 e. The molecule has 1 amide bonds. The Balaban J connectivity index is 1.44. The second kappa shape index (κ2) is 9.06. The number of carbonyl (C=O) groups is 1. The Hall–Kier alpha value is -1.60. The molecule has 150 valence electrons. The number of piperazine rings is 1. The summed E-state index contributed by atoms with van der Waals surface area (Å²) in [6.45, 7) is 4.63. The van der Waals surface area contributed by atoms with Gasteiger partial charge in [-0.15, -0.1) is 0 Å². The fraction of sp³-hybridized carbons (Fsp3) is 0.650. The highest BCUT2D eigenvalue weighted by atomic mass is 32.2. The molecule has 0 radical (unpaired) electrons. The van der Waals surface area contributed by atoms with E-state index < -0.39 is 10.0 Å². The number of hydrogen-bond acceptors (Lipinski definition) is 4. The Labute approximate surface area is 163 Å². The lowest BCUT2D eigenvalue weighted by atomic mass is 9.89. The molecule has 0 aromatic heterocycles. The predicted molar refractivity (Wildman–Crippen MR) is 108 cm³/mol. The predicted octanol–water partition coefficient (Wildman–Crippen LogP) is 2.14. The van der Waals surface area contributed by atoms with E-state index in [0.717, 1.165) is 31.4 Å². The monoisotopic (exact) mass is 393 g/mol. The number of nitrogens with one attached hydrogen (secondary N) is 1. The highest BCUT2D eigenvalue weighted by Crippen LogP contribution is 2.23. The standard InChI is InChI=1S/C20H31N3O3S/c1-17-6-5-9-19(16-17)22-11-13-23(14-12-22)27(25,26)15-10-21-20(24)18-7-3-2-4-8-18/h5-6,9,16,18H,2-4,7-8,10-15H2,1H3,(H,21,24). The van der Waals surface area contributed by atoms with Gasteiger partial charge in [-0.25, -0.2) is 8.42 Å². The lowest BCUT2D eigenvalue weighted by Crippen LogP contribution is -2.50. The second-order valence-electron chi connectivity index (χ2n) is 7.67. The number of carbonyl (C=O) groups excluding carboxylic acids is 1. The molecule has 27 heavy (non-hydrogen) atoms. The van der Waals surface area contributed by atoms with Gasteiger partial charge in [-0.3, -0.25) is 4.79 Å². The van der Waals surface area contributed by atoms with Crippen LogP contribution in [0.5, 0.6) is 0 Å². The number of rotatable bonds is 6. The van der Waals surface area contributed by atoms with Crippen molar-refractivity contribution in [2.24, 2.45) is 5.92 Å². The smallest absolute Gasteiger partial charge is 0.223 e. The minimum atomic E-state index is -3.33.